The molecule has 200 valence electrons. The fourth-order valence-electron chi connectivity index (χ4n) is 8.32. The van der Waals surface area contributed by atoms with Crippen molar-refractivity contribution in [1.29, 1.82) is 0 Å². The van der Waals surface area contributed by atoms with E-state index in [2.05, 4.69) is 34.8 Å². The van der Waals surface area contributed by atoms with Gasteiger partial charge in [0.05, 0.1) is 11.8 Å². The number of aliphatic hydroxyl groups excluding tert-OH is 1. The number of aliphatic hydroxyl groups is 1. The molecule has 1 aliphatic heterocycles. The van der Waals surface area contributed by atoms with Crippen LogP contribution in [-0.4, -0.2) is 48.7 Å². The summed E-state index contributed by atoms with van der Waals surface area (Å²) in [4.78, 5) is 2.60. The Labute approximate surface area is 217 Å². The van der Waals surface area contributed by atoms with Crippen molar-refractivity contribution in [2.75, 3.05) is 24.4 Å². The summed E-state index contributed by atoms with van der Waals surface area (Å²) in [5.74, 6) is 0.852. The Bertz CT molecular complexity index is 1070. The zero-order valence-corrected chi connectivity index (χ0v) is 22.6. The smallest absolute Gasteiger partial charge is 0.357 e. The lowest BCUT2D eigenvalue weighted by molar-refractivity contribution is -0.0530. The average molecular weight is 517 g/mol. The molecule has 4 aliphatic rings. The van der Waals surface area contributed by atoms with Gasteiger partial charge in [0, 0.05) is 0 Å². The van der Waals surface area contributed by atoms with E-state index in [1.807, 2.05) is 6.07 Å². The number of nitrogens with one attached hydrogen (secondary N) is 1. The molecule has 3 unspecified atom stereocenters. The third-order valence-corrected chi connectivity index (χ3v) is 10.6. The molecule has 5 atom stereocenters. The molecule has 5 rings (SSSR count). The predicted molar refractivity (Wildman–Crippen MR) is 144 cm³/mol. The highest BCUT2D eigenvalue weighted by atomic mass is 32.2. The summed E-state index contributed by atoms with van der Waals surface area (Å²) in [6, 6.07) is 5.75. The Hall–Kier alpha value is -1.41. The molecule has 1 heterocycles. The van der Waals surface area contributed by atoms with Gasteiger partial charge in [-0.05, 0) is 136 Å². The number of rotatable bonds is 9. The number of unbranched alkanes of at least 4 members (excludes halogenated alkanes) is 3. The van der Waals surface area contributed by atoms with E-state index < -0.39 is 10.3 Å². The number of likely N-dealkylation sites (tertiary alicyclic amines) is 1. The topological polar surface area (TPSA) is 89.9 Å². The highest BCUT2D eigenvalue weighted by Gasteiger charge is 2.60. The maximum atomic E-state index is 11.3. The van der Waals surface area contributed by atoms with Gasteiger partial charge in [-0.1, -0.05) is 31.6 Å². The first-order valence-electron chi connectivity index (χ1n) is 14.2. The molecule has 2 saturated carbocycles. The lowest BCUT2D eigenvalue weighted by Crippen LogP contribution is -2.50. The van der Waals surface area contributed by atoms with Crippen LogP contribution in [0.15, 0.2) is 30.4 Å². The summed E-state index contributed by atoms with van der Waals surface area (Å²) in [6.45, 7) is 6.13. The maximum absolute atomic E-state index is 11.3. The zero-order chi connectivity index (χ0) is 25.4. The first kappa shape index (κ1) is 26.2. The number of hydrogen-bond acceptors (Lipinski definition) is 4. The molecule has 7 heteroatoms. The molecule has 1 aromatic carbocycles. The second-order valence-electron chi connectivity index (χ2n) is 12.1. The number of allylic oxidation sites excluding steroid dienone is 2. The summed E-state index contributed by atoms with van der Waals surface area (Å²) in [5.41, 5.74) is 2.94. The molecule has 0 amide bonds. The molecule has 1 aromatic rings. The minimum absolute atomic E-state index is 0.0272. The van der Waals surface area contributed by atoms with Crippen LogP contribution in [0.3, 0.4) is 0 Å². The first-order valence-corrected chi connectivity index (χ1v) is 15.6. The highest BCUT2D eigenvalue weighted by molar-refractivity contribution is 7.87. The van der Waals surface area contributed by atoms with Gasteiger partial charge in [0.15, 0.2) is 0 Å². The molecule has 3 aliphatic carbocycles. The van der Waals surface area contributed by atoms with E-state index in [1.165, 1.54) is 62.9 Å². The van der Waals surface area contributed by atoms with Gasteiger partial charge in [-0.2, -0.15) is 8.42 Å². The van der Waals surface area contributed by atoms with Gasteiger partial charge in [0.25, 0.3) is 0 Å². The predicted octanol–water partition coefficient (Wildman–Crippen LogP) is 5.70. The molecule has 3 N–H and O–H groups in total. The SMILES string of the molecule is C[C@]12CCC3c4ccc(NS(=O)(=O)O)cc4CCC3(C=CCCCCCN3CCCC3)C1CC[C@@H]2O. The molecule has 3 fully saturated rings. The van der Waals surface area contributed by atoms with E-state index in [9.17, 15) is 18.1 Å². The van der Waals surface area contributed by atoms with Gasteiger partial charge in [0.1, 0.15) is 0 Å². The third-order valence-electron chi connectivity index (χ3n) is 10.1. The van der Waals surface area contributed by atoms with Crippen LogP contribution in [-0.2, 0) is 16.7 Å². The van der Waals surface area contributed by atoms with Crippen LogP contribution >= 0.6 is 0 Å². The first-order chi connectivity index (χ1) is 17.2. The largest absolute Gasteiger partial charge is 0.393 e. The van der Waals surface area contributed by atoms with Gasteiger partial charge < -0.3 is 10.0 Å². The van der Waals surface area contributed by atoms with E-state index >= 15 is 0 Å². The van der Waals surface area contributed by atoms with Crippen molar-refractivity contribution in [3.05, 3.63) is 41.5 Å². The molecule has 0 spiro atoms. The number of fused-ring (bicyclic) bond motifs is 5. The molecular formula is C29H44N2O4S. The van der Waals surface area contributed by atoms with Crippen LogP contribution < -0.4 is 4.72 Å². The van der Waals surface area contributed by atoms with Crippen molar-refractivity contribution in [1.82, 2.24) is 4.90 Å². The maximum Gasteiger partial charge on any atom is 0.357 e. The van der Waals surface area contributed by atoms with Crippen molar-refractivity contribution in [2.45, 2.75) is 96.0 Å². The number of nitrogens with zero attached hydrogens (tertiary/aromatic N) is 1. The van der Waals surface area contributed by atoms with Crippen molar-refractivity contribution >= 4 is 16.0 Å². The van der Waals surface area contributed by atoms with E-state index in [4.69, 9.17) is 0 Å². The molecule has 1 saturated heterocycles. The minimum atomic E-state index is -4.28. The Morgan fingerprint density at radius 2 is 1.92 bits per heavy atom. The van der Waals surface area contributed by atoms with Crippen LogP contribution in [0.5, 0.6) is 0 Å². The molecular weight excluding hydrogens is 472 g/mol. The van der Waals surface area contributed by atoms with E-state index in [0.29, 0.717) is 17.5 Å². The van der Waals surface area contributed by atoms with Crippen molar-refractivity contribution < 1.29 is 18.1 Å². The van der Waals surface area contributed by atoms with Crippen LogP contribution in [0, 0.1) is 16.7 Å². The second-order valence-corrected chi connectivity index (χ2v) is 13.3. The number of aryl methyl sites for hydroxylation is 1. The molecule has 36 heavy (non-hydrogen) atoms. The van der Waals surface area contributed by atoms with Crippen LogP contribution in [0.2, 0.25) is 0 Å². The van der Waals surface area contributed by atoms with Gasteiger partial charge in [-0.25, -0.2) is 0 Å². The summed E-state index contributed by atoms with van der Waals surface area (Å²) in [5, 5.41) is 11.0. The van der Waals surface area contributed by atoms with Crippen LogP contribution in [0.25, 0.3) is 0 Å². The van der Waals surface area contributed by atoms with Crippen molar-refractivity contribution in [3.63, 3.8) is 0 Å². The van der Waals surface area contributed by atoms with Gasteiger partial charge in [0.2, 0.25) is 0 Å². The highest BCUT2D eigenvalue weighted by Crippen LogP contribution is 2.67. The lowest BCUT2D eigenvalue weighted by atomic mass is 9.47. The molecule has 0 aromatic heterocycles. The second kappa shape index (κ2) is 10.4. The normalized spacial score (nSPS) is 34.5. The Morgan fingerprint density at radius 3 is 2.69 bits per heavy atom. The van der Waals surface area contributed by atoms with E-state index in [0.717, 1.165) is 44.9 Å². The lowest BCUT2D eigenvalue weighted by Gasteiger charge is -2.57. The molecule has 0 bridgehead atoms. The van der Waals surface area contributed by atoms with Crippen molar-refractivity contribution in [3.8, 4) is 0 Å². The third kappa shape index (κ3) is 5.13. The van der Waals surface area contributed by atoms with E-state index in [1.54, 1.807) is 6.07 Å². The molecule has 6 nitrogen and oxygen atoms in total. The fourth-order valence-corrected chi connectivity index (χ4v) is 8.75. The number of anilines is 1. The molecule has 0 radical (unpaired) electrons. The van der Waals surface area contributed by atoms with Gasteiger partial charge in [-0.3, -0.25) is 9.27 Å². The zero-order valence-electron chi connectivity index (χ0n) is 21.8. The number of hydrogen-bond donors (Lipinski definition) is 3. The summed E-state index contributed by atoms with van der Waals surface area (Å²) in [7, 11) is -4.28. The standard InChI is InChI=1S/C29H44N2O4S/c1-28-16-14-25-24-10-9-23(30-36(33,34)35)21-22(24)13-17-29(25,26(28)11-12-27(28)32)15-5-3-2-4-6-18-31-19-7-8-20-31/h5,9-10,15,21,25-27,30,32H,2-4,6-8,11-14,16-20H2,1H3,(H,33,34,35)/t25?,26?,27-,28-,29?/m0/s1. The van der Waals surface area contributed by atoms with Gasteiger partial charge in [-0.15, -0.1) is 0 Å². The van der Waals surface area contributed by atoms with Crippen LogP contribution in [0.4, 0.5) is 5.69 Å². The summed E-state index contributed by atoms with van der Waals surface area (Å²) < 4.78 is 34.1. The van der Waals surface area contributed by atoms with Crippen LogP contribution in [0.1, 0.15) is 94.6 Å². The quantitative estimate of drug-likeness (QED) is 0.223. The Balaban J connectivity index is 1.33. The monoisotopic (exact) mass is 516 g/mol. The van der Waals surface area contributed by atoms with Crippen molar-refractivity contribution in [2.24, 2.45) is 16.7 Å². The minimum Gasteiger partial charge on any atom is -0.393 e. The number of benzene rings is 1. The van der Waals surface area contributed by atoms with Gasteiger partial charge >= 0.3 is 10.3 Å². The summed E-state index contributed by atoms with van der Waals surface area (Å²) in [6.07, 6.45) is 18.4. The van der Waals surface area contributed by atoms with E-state index in [-0.39, 0.29) is 16.9 Å². The summed E-state index contributed by atoms with van der Waals surface area (Å²) >= 11 is 0. The average Bonchev–Trinajstić information content (AvgIpc) is 3.45. The Kier molecular flexibility index (Phi) is 7.57. The Morgan fingerprint density at radius 1 is 1.11 bits per heavy atom. The fraction of sp³-hybridized carbons (Fsp3) is 0.724.